The highest BCUT2D eigenvalue weighted by Gasteiger charge is 2.23. The molecule has 0 aliphatic carbocycles. The van der Waals surface area contributed by atoms with E-state index in [0.29, 0.717) is 13.2 Å². The zero-order valence-electron chi connectivity index (χ0n) is 11.2. The number of likely N-dealkylation sites (tertiary alicyclic amines) is 1. The van der Waals surface area contributed by atoms with Gasteiger partial charge in [-0.2, -0.15) is 0 Å². The summed E-state index contributed by atoms with van der Waals surface area (Å²) in [5.74, 6) is 0.762. The Morgan fingerprint density at radius 1 is 1.47 bits per heavy atom. The van der Waals surface area contributed by atoms with Gasteiger partial charge in [0.2, 0.25) is 0 Å². The molecule has 0 bridgehead atoms. The fourth-order valence-corrected chi connectivity index (χ4v) is 2.52. The molecule has 1 aliphatic heterocycles. The Morgan fingerprint density at radius 3 is 3.11 bits per heavy atom. The molecule has 5 nitrogen and oxygen atoms in total. The predicted molar refractivity (Wildman–Crippen MR) is 70.7 cm³/mol. The van der Waals surface area contributed by atoms with E-state index in [9.17, 15) is 10.2 Å². The van der Waals surface area contributed by atoms with E-state index < -0.39 is 6.10 Å². The maximum absolute atomic E-state index is 9.96. The monoisotopic (exact) mass is 269 g/mol. The molecule has 1 aromatic rings. The molecule has 0 radical (unpaired) electrons. The molecule has 0 aromatic carbocycles. The first kappa shape index (κ1) is 14.5. The fraction of sp³-hybridized carbons (Fsp3) is 0.714. The lowest BCUT2D eigenvalue weighted by molar-refractivity contribution is -0.0137. The number of hydrogen-bond acceptors (Lipinski definition) is 5. The van der Waals surface area contributed by atoms with E-state index in [1.54, 1.807) is 6.26 Å². The molecule has 0 saturated carbocycles. The quantitative estimate of drug-likeness (QED) is 0.773. The molecular weight excluding hydrogens is 246 g/mol. The van der Waals surface area contributed by atoms with E-state index in [2.05, 4.69) is 4.90 Å². The van der Waals surface area contributed by atoms with Crippen LogP contribution in [0.2, 0.25) is 0 Å². The molecule has 0 amide bonds. The van der Waals surface area contributed by atoms with E-state index in [4.69, 9.17) is 9.15 Å². The highest BCUT2D eigenvalue weighted by molar-refractivity contribution is 4.96. The molecule has 2 heterocycles. The summed E-state index contributed by atoms with van der Waals surface area (Å²) in [4.78, 5) is 2.16. The summed E-state index contributed by atoms with van der Waals surface area (Å²) < 4.78 is 10.6. The molecule has 2 atom stereocenters. The molecule has 1 aromatic heterocycles. The Balaban J connectivity index is 1.66. The number of nitrogens with zero attached hydrogens (tertiary/aromatic N) is 1. The number of aliphatic hydroxyl groups excluding tert-OH is 2. The first-order chi connectivity index (χ1) is 9.29. The smallest absolute Gasteiger partial charge is 0.129 e. The van der Waals surface area contributed by atoms with E-state index in [1.807, 2.05) is 12.1 Å². The van der Waals surface area contributed by atoms with Crippen molar-refractivity contribution in [1.82, 2.24) is 4.90 Å². The van der Waals surface area contributed by atoms with Gasteiger partial charge in [0.1, 0.15) is 12.4 Å². The molecule has 19 heavy (non-hydrogen) atoms. The maximum Gasteiger partial charge on any atom is 0.129 e. The maximum atomic E-state index is 9.96. The minimum absolute atomic E-state index is 0.167. The number of hydrogen-bond donors (Lipinski definition) is 2. The molecule has 2 rings (SSSR count). The number of furan rings is 1. The largest absolute Gasteiger partial charge is 0.467 e. The van der Waals surface area contributed by atoms with Crippen LogP contribution in [0, 0.1) is 0 Å². The van der Waals surface area contributed by atoms with Crippen molar-refractivity contribution in [1.29, 1.82) is 0 Å². The molecule has 2 N–H and O–H groups in total. The third-order valence-corrected chi connectivity index (χ3v) is 3.54. The normalized spacial score (nSPS) is 22.5. The summed E-state index contributed by atoms with van der Waals surface area (Å²) in [5, 5.41) is 19.3. The minimum Gasteiger partial charge on any atom is -0.467 e. The van der Waals surface area contributed by atoms with Gasteiger partial charge < -0.3 is 19.4 Å². The highest BCUT2D eigenvalue weighted by Crippen LogP contribution is 2.16. The van der Waals surface area contributed by atoms with Gasteiger partial charge in [-0.25, -0.2) is 0 Å². The predicted octanol–water partition coefficient (Wildman–Crippen LogP) is 1.00. The second-order valence-electron chi connectivity index (χ2n) is 5.08. The second-order valence-corrected chi connectivity index (χ2v) is 5.08. The van der Waals surface area contributed by atoms with Crippen molar-refractivity contribution in [3.05, 3.63) is 24.2 Å². The van der Waals surface area contributed by atoms with Crippen molar-refractivity contribution < 1.29 is 19.4 Å². The zero-order valence-corrected chi connectivity index (χ0v) is 11.2. The Labute approximate surface area is 113 Å². The van der Waals surface area contributed by atoms with Gasteiger partial charge in [-0.1, -0.05) is 6.42 Å². The van der Waals surface area contributed by atoms with Crippen molar-refractivity contribution in [2.24, 2.45) is 0 Å². The molecule has 1 aliphatic rings. The van der Waals surface area contributed by atoms with Crippen LogP contribution in [0.15, 0.2) is 22.8 Å². The Kier molecular flexibility index (Phi) is 5.85. The molecule has 1 saturated heterocycles. The first-order valence-corrected chi connectivity index (χ1v) is 6.92. The van der Waals surface area contributed by atoms with Gasteiger partial charge in [0, 0.05) is 12.6 Å². The number of aliphatic hydroxyl groups is 2. The summed E-state index contributed by atoms with van der Waals surface area (Å²) in [6.45, 7) is 2.34. The van der Waals surface area contributed by atoms with Gasteiger partial charge in [-0.3, -0.25) is 4.90 Å². The van der Waals surface area contributed by atoms with E-state index in [1.165, 1.54) is 0 Å². The van der Waals surface area contributed by atoms with Gasteiger partial charge in [0.05, 0.1) is 25.6 Å². The summed E-state index contributed by atoms with van der Waals surface area (Å²) >= 11 is 0. The van der Waals surface area contributed by atoms with E-state index in [0.717, 1.165) is 31.6 Å². The van der Waals surface area contributed by atoms with Gasteiger partial charge in [0.25, 0.3) is 0 Å². The summed E-state index contributed by atoms with van der Waals surface area (Å²) in [7, 11) is 0. The van der Waals surface area contributed by atoms with Crippen LogP contribution in [0.5, 0.6) is 0 Å². The van der Waals surface area contributed by atoms with Crippen LogP contribution in [0.1, 0.15) is 25.0 Å². The topological polar surface area (TPSA) is 66.1 Å². The molecular formula is C14H23NO4. The van der Waals surface area contributed by atoms with E-state index in [-0.39, 0.29) is 19.3 Å². The number of rotatable bonds is 7. The molecule has 0 spiro atoms. The Bertz CT molecular complexity index is 341. The van der Waals surface area contributed by atoms with Crippen LogP contribution < -0.4 is 0 Å². The number of ether oxygens (including phenoxy) is 1. The lowest BCUT2D eigenvalue weighted by atomic mass is 10.0. The van der Waals surface area contributed by atoms with Crippen molar-refractivity contribution in [3.63, 3.8) is 0 Å². The van der Waals surface area contributed by atoms with E-state index >= 15 is 0 Å². The van der Waals surface area contributed by atoms with Crippen LogP contribution in [0.3, 0.4) is 0 Å². The van der Waals surface area contributed by atoms with Crippen LogP contribution in [0.25, 0.3) is 0 Å². The van der Waals surface area contributed by atoms with Crippen LogP contribution >= 0.6 is 0 Å². The highest BCUT2D eigenvalue weighted by atomic mass is 16.5. The van der Waals surface area contributed by atoms with Crippen molar-refractivity contribution in [2.75, 3.05) is 26.3 Å². The van der Waals surface area contributed by atoms with Crippen LogP contribution in [0.4, 0.5) is 0 Å². The standard InChI is InChI=1S/C14H23NO4/c16-9-12-4-1-2-6-15(12)8-13(17)10-18-11-14-5-3-7-19-14/h3,5,7,12-13,16-17H,1-2,4,6,8-11H2/t12-,13+/m1/s1. The molecule has 108 valence electrons. The summed E-state index contributed by atoms with van der Waals surface area (Å²) in [6, 6.07) is 3.85. The molecule has 1 fully saturated rings. The minimum atomic E-state index is -0.526. The summed E-state index contributed by atoms with van der Waals surface area (Å²) in [5.41, 5.74) is 0. The number of β-amino-alcohol motifs (C(OH)–C–C–N with tert-alkyl or cyclic N) is 1. The van der Waals surface area contributed by atoms with Gasteiger partial charge in [-0.05, 0) is 31.5 Å². The fourth-order valence-electron chi connectivity index (χ4n) is 2.52. The third-order valence-electron chi connectivity index (χ3n) is 3.54. The summed E-state index contributed by atoms with van der Waals surface area (Å²) in [6.07, 6.45) is 4.39. The van der Waals surface area contributed by atoms with Crippen molar-refractivity contribution in [2.45, 2.75) is 38.0 Å². The van der Waals surface area contributed by atoms with Crippen molar-refractivity contribution >= 4 is 0 Å². The molecule has 5 heteroatoms. The average Bonchev–Trinajstić information content (AvgIpc) is 2.92. The SMILES string of the molecule is OC[C@H]1CCCCN1C[C@H](O)COCc1ccco1. The first-order valence-electron chi connectivity index (χ1n) is 6.92. The Hall–Kier alpha value is -0.880. The zero-order chi connectivity index (χ0) is 13.5. The lowest BCUT2D eigenvalue weighted by Gasteiger charge is -2.35. The average molecular weight is 269 g/mol. The van der Waals surface area contributed by atoms with Crippen molar-refractivity contribution in [3.8, 4) is 0 Å². The lowest BCUT2D eigenvalue weighted by Crippen LogP contribution is -2.46. The van der Waals surface area contributed by atoms with Crippen LogP contribution in [-0.2, 0) is 11.3 Å². The van der Waals surface area contributed by atoms with Crippen LogP contribution in [-0.4, -0.2) is 53.6 Å². The van der Waals surface area contributed by atoms with Gasteiger partial charge in [-0.15, -0.1) is 0 Å². The van der Waals surface area contributed by atoms with Gasteiger partial charge >= 0.3 is 0 Å². The Morgan fingerprint density at radius 2 is 2.37 bits per heavy atom. The number of piperidine rings is 1. The van der Waals surface area contributed by atoms with Gasteiger partial charge in [0.15, 0.2) is 0 Å². The molecule has 0 unspecified atom stereocenters. The third kappa shape index (κ3) is 4.62. The second kappa shape index (κ2) is 7.65.